The number of hydrogen-bond acceptors (Lipinski definition) is 4. The van der Waals surface area contributed by atoms with E-state index in [9.17, 15) is 23.1 Å². The van der Waals surface area contributed by atoms with Crippen LogP contribution in [0.4, 0.5) is 13.2 Å². The monoisotopic (exact) mass is 310 g/mol. The smallest absolute Gasteiger partial charge is 0.383 e. The Balaban J connectivity index is 1.76. The number of aliphatic hydroxyl groups is 1. The zero-order chi connectivity index (χ0) is 15.5. The molecule has 1 amide bonds. The standard InChI is InChI=1S/C13H21F3N2O3/c14-13(15,16)12(20)10-1-3-18(4-2-10)11(19)9-17-5-7-21-8-6-17/h10,12,20H,1-9H2. The molecule has 0 aromatic carbocycles. The zero-order valence-electron chi connectivity index (χ0n) is 11.8. The summed E-state index contributed by atoms with van der Waals surface area (Å²) in [5.41, 5.74) is 0. The maximum Gasteiger partial charge on any atom is 0.414 e. The molecule has 0 saturated carbocycles. The highest BCUT2D eigenvalue weighted by molar-refractivity contribution is 5.78. The Bertz CT molecular complexity index is 351. The van der Waals surface area contributed by atoms with Crippen LogP contribution in [-0.2, 0) is 9.53 Å². The molecule has 0 aliphatic carbocycles. The lowest BCUT2D eigenvalue weighted by Gasteiger charge is -2.36. The van der Waals surface area contributed by atoms with Crippen LogP contribution >= 0.6 is 0 Å². The number of carbonyl (C=O) groups is 1. The lowest BCUT2D eigenvalue weighted by molar-refractivity contribution is -0.222. The Labute approximate surface area is 121 Å². The molecule has 5 nitrogen and oxygen atoms in total. The van der Waals surface area contributed by atoms with Gasteiger partial charge in [-0.2, -0.15) is 13.2 Å². The predicted molar refractivity (Wildman–Crippen MR) is 68.6 cm³/mol. The summed E-state index contributed by atoms with van der Waals surface area (Å²) in [6, 6.07) is 0. The quantitative estimate of drug-likeness (QED) is 0.824. The maximum atomic E-state index is 12.4. The van der Waals surface area contributed by atoms with Crippen LogP contribution in [0.2, 0.25) is 0 Å². The van der Waals surface area contributed by atoms with Gasteiger partial charge < -0.3 is 14.7 Å². The van der Waals surface area contributed by atoms with Gasteiger partial charge in [0, 0.05) is 26.2 Å². The van der Waals surface area contributed by atoms with Crippen molar-refractivity contribution in [2.45, 2.75) is 25.1 Å². The second kappa shape index (κ2) is 6.93. The lowest BCUT2D eigenvalue weighted by Crippen LogP contribution is -2.49. The molecule has 1 unspecified atom stereocenters. The normalized spacial score (nSPS) is 24.1. The topological polar surface area (TPSA) is 53.0 Å². The van der Waals surface area contributed by atoms with Gasteiger partial charge in [-0.05, 0) is 18.8 Å². The van der Waals surface area contributed by atoms with Crippen molar-refractivity contribution in [3.8, 4) is 0 Å². The SMILES string of the molecule is O=C(CN1CCOCC1)N1CCC(C(O)C(F)(F)F)CC1. The highest BCUT2D eigenvalue weighted by Gasteiger charge is 2.44. The number of alkyl halides is 3. The Morgan fingerprint density at radius 2 is 1.76 bits per heavy atom. The van der Waals surface area contributed by atoms with Gasteiger partial charge in [0.05, 0.1) is 19.8 Å². The van der Waals surface area contributed by atoms with Gasteiger partial charge in [-0.25, -0.2) is 0 Å². The number of morpholine rings is 1. The summed E-state index contributed by atoms with van der Waals surface area (Å²) in [6.07, 6.45) is -6.48. The number of nitrogens with zero attached hydrogens (tertiary/aromatic N) is 2. The molecule has 1 N–H and O–H groups in total. The molecular formula is C13H21F3N2O3. The van der Waals surface area contributed by atoms with Gasteiger partial charge in [-0.15, -0.1) is 0 Å². The number of aliphatic hydroxyl groups excluding tert-OH is 1. The van der Waals surface area contributed by atoms with Crippen LogP contribution in [-0.4, -0.2) is 79.0 Å². The van der Waals surface area contributed by atoms with Gasteiger partial charge in [0.25, 0.3) is 0 Å². The van der Waals surface area contributed by atoms with Crippen LogP contribution in [0.5, 0.6) is 0 Å². The molecule has 1 atom stereocenters. The first kappa shape index (κ1) is 16.5. The molecule has 0 aromatic heterocycles. The van der Waals surface area contributed by atoms with E-state index in [1.54, 1.807) is 4.90 Å². The van der Waals surface area contributed by atoms with E-state index < -0.39 is 18.2 Å². The van der Waals surface area contributed by atoms with Gasteiger partial charge in [-0.1, -0.05) is 0 Å². The molecule has 2 aliphatic heterocycles. The molecule has 0 radical (unpaired) electrons. The fourth-order valence-corrected chi connectivity index (χ4v) is 2.78. The minimum absolute atomic E-state index is 0.0585. The zero-order valence-corrected chi connectivity index (χ0v) is 11.8. The second-order valence-corrected chi connectivity index (χ2v) is 5.59. The van der Waals surface area contributed by atoms with Crippen molar-refractivity contribution in [3.05, 3.63) is 0 Å². The average molecular weight is 310 g/mol. The van der Waals surface area contributed by atoms with E-state index in [4.69, 9.17) is 4.74 Å². The third kappa shape index (κ3) is 4.55. The number of halogens is 3. The van der Waals surface area contributed by atoms with Crippen molar-refractivity contribution in [3.63, 3.8) is 0 Å². The van der Waals surface area contributed by atoms with Crippen LogP contribution in [0.25, 0.3) is 0 Å². The summed E-state index contributed by atoms with van der Waals surface area (Å²) in [5, 5.41) is 9.25. The summed E-state index contributed by atoms with van der Waals surface area (Å²) in [5.74, 6) is -0.866. The predicted octanol–water partition coefficient (Wildman–Crippen LogP) is 0.480. The third-order valence-corrected chi connectivity index (χ3v) is 4.14. The molecule has 0 aromatic rings. The Morgan fingerprint density at radius 3 is 2.29 bits per heavy atom. The largest absolute Gasteiger partial charge is 0.414 e. The van der Waals surface area contributed by atoms with Crippen LogP contribution in [0.1, 0.15) is 12.8 Å². The van der Waals surface area contributed by atoms with E-state index in [1.165, 1.54) is 0 Å². The van der Waals surface area contributed by atoms with Crippen molar-refractivity contribution in [2.75, 3.05) is 45.9 Å². The molecule has 2 heterocycles. The van der Waals surface area contributed by atoms with E-state index in [-0.39, 0.29) is 38.4 Å². The molecule has 2 fully saturated rings. The molecular weight excluding hydrogens is 289 g/mol. The molecule has 21 heavy (non-hydrogen) atoms. The number of rotatable bonds is 3. The van der Waals surface area contributed by atoms with Gasteiger partial charge >= 0.3 is 6.18 Å². The summed E-state index contributed by atoms with van der Waals surface area (Å²) in [7, 11) is 0. The Morgan fingerprint density at radius 1 is 1.19 bits per heavy atom. The van der Waals surface area contributed by atoms with Gasteiger partial charge in [-0.3, -0.25) is 9.69 Å². The highest BCUT2D eigenvalue weighted by Crippen LogP contribution is 2.31. The van der Waals surface area contributed by atoms with Crippen molar-refractivity contribution >= 4 is 5.91 Å². The van der Waals surface area contributed by atoms with Crippen LogP contribution < -0.4 is 0 Å². The molecule has 2 rings (SSSR count). The Kier molecular flexibility index (Phi) is 5.45. The number of carbonyl (C=O) groups excluding carboxylic acids is 1. The average Bonchev–Trinajstić information content (AvgIpc) is 2.46. The molecule has 122 valence electrons. The summed E-state index contributed by atoms with van der Waals surface area (Å²) in [6.45, 7) is 3.46. The molecule has 8 heteroatoms. The minimum Gasteiger partial charge on any atom is -0.383 e. The summed E-state index contributed by atoms with van der Waals surface area (Å²) in [4.78, 5) is 15.7. The number of amides is 1. The lowest BCUT2D eigenvalue weighted by atomic mass is 9.91. The van der Waals surface area contributed by atoms with Crippen LogP contribution in [0.3, 0.4) is 0 Å². The van der Waals surface area contributed by atoms with E-state index in [2.05, 4.69) is 0 Å². The van der Waals surface area contributed by atoms with Crippen molar-refractivity contribution < 1.29 is 27.8 Å². The first-order chi connectivity index (χ1) is 9.88. The van der Waals surface area contributed by atoms with E-state index in [0.717, 1.165) is 0 Å². The van der Waals surface area contributed by atoms with Crippen LogP contribution in [0, 0.1) is 5.92 Å². The molecule has 0 spiro atoms. The van der Waals surface area contributed by atoms with Gasteiger partial charge in [0.2, 0.25) is 5.91 Å². The highest BCUT2D eigenvalue weighted by atomic mass is 19.4. The first-order valence-electron chi connectivity index (χ1n) is 7.20. The molecule has 0 bridgehead atoms. The van der Waals surface area contributed by atoms with Crippen molar-refractivity contribution in [1.29, 1.82) is 0 Å². The van der Waals surface area contributed by atoms with E-state index in [0.29, 0.717) is 26.3 Å². The Hall–Kier alpha value is -0.860. The number of ether oxygens (including phenoxy) is 1. The summed E-state index contributed by atoms with van der Waals surface area (Å²) < 4.78 is 42.5. The molecule has 2 saturated heterocycles. The van der Waals surface area contributed by atoms with E-state index >= 15 is 0 Å². The molecule has 2 aliphatic rings. The first-order valence-corrected chi connectivity index (χ1v) is 7.20. The van der Waals surface area contributed by atoms with Crippen molar-refractivity contribution in [1.82, 2.24) is 9.80 Å². The van der Waals surface area contributed by atoms with Gasteiger partial charge in [0.15, 0.2) is 6.10 Å². The minimum atomic E-state index is -4.58. The van der Waals surface area contributed by atoms with Crippen molar-refractivity contribution in [2.24, 2.45) is 5.92 Å². The van der Waals surface area contributed by atoms with Gasteiger partial charge in [0.1, 0.15) is 0 Å². The third-order valence-electron chi connectivity index (χ3n) is 4.14. The second-order valence-electron chi connectivity index (χ2n) is 5.59. The fourth-order valence-electron chi connectivity index (χ4n) is 2.78. The fraction of sp³-hybridized carbons (Fsp3) is 0.923. The van der Waals surface area contributed by atoms with E-state index in [1.807, 2.05) is 4.90 Å². The number of hydrogen-bond donors (Lipinski definition) is 1. The number of piperidine rings is 1. The number of likely N-dealkylation sites (tertiary alicyclic amines) is 1. The maximum absolute atomic E-state index is 12.4. The van der Waals surface area contributed by atoms with Crippen LogP contribution in [0.15, 0.2) is 0 Å². The summed E-state index contributed by atoms with van der Waals surface area (Å²) >= 11 is 0.